The van der Waals surface area contributed by atoms with Gasteiger partial charge in [0.2, 0.25) is 0 Å². The van der Waals surface area contributed by atoms with Crippen LogP contribution in [0.1, 0.15) is 40.5 Å². The van der Waals surface area contributed by atoms with Gasteiger partial charge in [0, 0.05) is 45.1 Å². The number of likely N-dealkylation sites (tertiary alicyclic amines) is 1. The van der Waals surface area contributed by atoms with Crippen LogP contribution in [-0.2, 0) is 16.1 Å². The molecule has 4 rings (SSSR count). The van der Waals surface area contributed by atoms with Crippen LogP contribution >= 0.6 is 0 Å². The molecular formula is C25H30F3N5O4. The lowest BCUT2D eigenvalue weighted by atomic mass is 9.93. The highest BCUT2D eigenvalue weighted by Crippen LogP contribution is 2.29. The van der Waals surface area contributed by atoms with E-state index in [1.165, 1.54) is 11.3 Å². The van der Waals surface area contributed by atoms with Gasteiger partial charge in [0.15, 0.2) is 11.3 Å². The van der Waals surface area contributed by atoms with E-state index in [1.54, 1.807) is 31.6 Å². The summed E-state index contributed by atoms with van der Waals surface area (Å²) < 4.78 is 38.8. The maximum Gasteiger partial charge on any atom is 0.490 e. The zero-order valence-electron chi connectivity index (χ0n) is 20.7. The monoisotopic (exact) mass is 521 g/mol. The fourth-order valence-electron chi connectivity index (χ4n) is 4.14. The van der Waals surface area contributed by atoms with Gasteiger partial charge in [-0.3, -0.25) is 14.1 Å². The first kappa shape index (κ1) is 28.1. The number of hydrogen-bond acceptors (Lipinski definition) is 6. The van der Waals surface area contributed by atoms with Crippen LogP contribution in [0.25, 0.3) is 5.65 Å². The maximum absolute atomic E-state index is 12.8. The molecule has 9 nitrogen and oxygen atoms in total. The van der Waals surface area contributed by atoms with Crippen molar-refractivity contribution in [2.24, 2.45) is 0 Å². The summed E-state index contributed by atoms with van der Waals surface area (Å²) in [6.45, 7) is 4.13. The summed E-state index contributed by atoms with van der Waals surface area (Å²) >= 11 is 0. The van der Waals surface area contributed by atoms with Gasteiger partial charge in [-0.25, -0.2) is 14.8 Å². The van der Waals surface area contributed by atoms with E-state index < -0.39 is 12.1 Å². The smallest absolute Gasteiger partial charge is 0.475 e. The van der Waals surface area contributed by atoms with Gasteiger partial charge < -0.3 is 14.7 Å². The number of rotatable bonds is 7. The van der Waals surface area contributed by atoms with Crippen molar-refractivity contribution in [3.63, 3.8) is 0 Å². The standard InChI is InChI=1S/C23H29N5O2.C2HF3O2/c1-26(14-15-30-2)23(29)21-22-24-11-8-20(28(22)17-25-21)19-9-12-27(13-10-19)16-18-6-4-3-5-7-18;3-2(4,5)1(6)7/h3-8,11,17,19H,9-10,12-16H2,1-2H3;(H,6,7). The van der Waals surface area contributed by atoms with Crippen molar-refractivity contribution >= 4 is 17.5 Å². The van der Waals surface area contributed by atoms with Gasteiger partial charge in [-0.2, -0.15) is 13.2 Å². The second-order valence-electron chi connectivity index (χ2n) is 8.71. The molecule has 1 saturated heterocycles. The number of methoxy groups -OCH3 is 1. The Bertz CT molecular complexity index is 1180. The average Bonchev–Trinajstić information content (AvgIpc) is 3.32. The van der Waals surface area contributed by atoms with Gasteiger partial charge in [0.05, 0.1) is 6.61 Å². The molecule has 0 spiro atoms. The number of benzene rings is 1. The molecule has 200 valence electrons. The van der Waals surface area contributed by atoms with Crippen LogP contribution in [0.15, 0.2) is 48.9 Å². The first-order valence-electron chi connectivity index (χ1n) is 11.7. The third-order valence-corrected chi connectivity index (χ3v) is 6.14. The molecule has 12 heteroatoms. The molecule has 0 unspecified atom stereocenters. The molecule has 0 saturated carbocycles. The Kier molecular flexibility index (Phi) is 9.59. The minimum Gasteiger partial charge on any atom is -0.475 e. The number of imidazole rings is 1. The number of fused-ring (bicyclic) bond motifs is 1. The van der Waals surface area contributed by atoms with Crippen molar-refractivity contribution in [3.8, 4) is 0 Å². The molecule has 1 aliphatic heterocycles. The lowest BCUT2D eigenvalue weighted by molar-refractivity contribution is -0.192. The molecule has 3 heterocycles. The van der Waals surface area contributed by atoms with Gasteiger partial charge in [-0.1, -0.05) is 30.3 Å². The third kappa shape index (κ3) is 7.49. The first-order valence-corrected chi connectivity index (χ1v) is 11.7. The Balaban J connectivity index is 0.000000479. The SMILES string of the molecule is COCCN(C)C(=O)c1ncn2c(C3CCN(Cc4ccccc4)CC3)ccnc12.O=C(O)C(F)(F)F. The molecular weight excluding hydrogens is 491 g/mol. The van der Waals surface area contributed by atoms with Crippen LogP contribution in [0.4, 0.5) is 13.2 Å². The molecule has 0 aliphatic carbocycles. The predicted octanol–water partition coefficient (Wildman–Crippen LogP) is 3.46. The van der Waals surface area contributed by atoms with E-state index in [9.17, 15) is 18.0 Å². The Morgan fingerprint density at radius 1 is 1.14 bits per heavy atom. The van der Waals surface area contributed by atoms with Crippen molar-refractivity contribution in [3.05, 3.63) is 65.9 Å². The molecule has 0 radical (unpaired) electrons. The topological polar surface area (TPSA) is 100 Å². The molecule has 1 aliphatic rings. The zero-order chi connectivity index (χ0) is 27.0. The van der Waals surface area contributed by atoms with Crippen LogP contribution < -0.4 is 0 Å². The second-order valence-corrected chi connectivity index (χ2v) is 8.71. The number of amides is 1. The predicted molar refractivity (Wildman–Crippen MR) is 129 cm³/mol. The molecule has 0 atom stereocenters. The van der Waals surface area contributed by atoms with E-state index in [0.717, 1.165) is 32.5 Å². The average molecular weight is 522 g/mol. The molecule has 1 amide bonds. The fourth-order valence-corrected chi connectivity index (χ4v) is 4.14. The van der Waals surface area contributed by atoms with Crippen molar-refractivity contribution in [1.82, 2.24) is 24.2 Å². The number of aliphatic carboxylic acids is 1. The highest BCUT2D eigenvalue weighted by Gasteiger charge is 2.38. The highest BCUT2D eigenvalue weighted by atomic mass is 19.4. The number of alkyl halides is 3. The Morgan fingerprint density at radius 2 is 1.78 bits per heavy atom. The molecule has 37 heavy (non-hydrogen) atoms. The number of piperidine rings is 1. The fraction of sp³-hybridized carbons (Fsp3) is 0.440. The summed E-state index contributed by atoms with van der Waals surface area (Å²) in [4.78, 5) is 34.7. The summed E-state index contributed by atoms with van der Waals surface area (Å²) in [7, 11) is 3.39. The minimum atomic E-state index is -5.08. The number of carboxylic acids is 1. The van der Waals surface area contributed by atoms with Crippen LogP contribution in [0, 0.1) is 0 Å². The molecule has 1 fully saturated rings. The van der Waals surface area contributed by atoms with E-state index in [2.05, 4.69) is 51.3 Å². The summed E-state index contributed by atoms with van der Waals surface area (Å²) in [5.41, 5.74) is 3.58. The Hall–Kier alpha value is -3.51. The quantitative estimate of drug-likeness (QED) is 0.508. The number of carbonyl (C=O) groups is 2. The molecule has 1 aromatic carbocycles. The number of carbonyl (C=O) groups excluding carboxylic acids is 1. The molecule has 0 bridgehead atoms. The maximum atomic E-state index is 12.8. The first-order chi connectivity index (χ1) is 17.6. The highest BCUT2D eigenvalue weighted by molar-refractivity contribution is 5.97. The number of likely N-dealkylation sites (N-methyl/N-ethyl adjacent to an activating group) is 1. The molecule has 1 N–H and O–H groups in total. The van der Waals surface area contributed by atoms with Crippen molar-refractivity contribution < 1.29 is 32.6 Å². The van der Waals surface area contributed by atoms with Crippen LogP contribution in [-0.4, -0.2) is 87.7 Å². The van der Waals surface area contributed by atoms with E-state index in [4.69, 9.17) is 14.6 Å². The molecule has 3 aromatic rings. The van der Waals surface area contributed by atoms with E-state index in [-0.39, 0.29) is 5.91 Å². The van der Waals surface area contributed by atoms with Crippen LogP contribution in [0.2, 0.25) is 0 Å². The largest absolute Gasteiger partial charge is 0.490 e. The molecule has 2 aromatic heterocycles. The normalized spacial score (nSPS) is 14.7. The van der Waals surface area contributed by atoms with E-state index in [0.29, 0.717) is 30.4 Å². The van der Waals surface area contributed by atoms with E-state index >= 15 is 0 Å². The number of ether oxygens (including phenoxy) is 1. The van der Waals surface area contributed by atoms with Crippen LogP contribution in [0.3, 0.4) is 0 Å². The Labute approximate surface area is 212 Å². The van der Waals surface area contributed by atoms with Crippen molar-refractivity contribution in [1.29, 1.82) is 0 Å². The van der Waals surface area contributed by atoms with Crippen molar-refractivity contribution in [2.45, 2.75) is 31.5 Å². The number of carboxylic acid groups (broad SMARTS) is 1. The van der Waals surface area contributed by atoms with Crippen LogP contribution in [0.5, 0.6) is 0 Å². The number of halogens is 3. The van der Waals surface area contributed by atoms with Gasteiger partial charge in [-0.05, 0) is 37.6 Å². The third-order valence-electron chi connectivity index (χ3n) is 6.14. The van der Waals surface area contributed by atoms with Gasteiger partial charge in [0.1, 0.15) is 6.33 Å². The lowest BCUT2D eigenvalue weighted by Gasteiger charge is -2.32. The summed E-state index contributed by atoms with van der Waals surface area (Å²) in [6.07, 6.45) is 0.627. The summed E-state index contributed by atoms with van der Waals surface area (Å²) in [5, 5.41) is 7.12. The minimum absolute atomic E-state index is 0.128. The lowest BCUT2D eigenvalue weighted by Crippen LogP contribution is -2.33. The zero-order valence-corrected chi connectivity index (χ0v) is 20.7. The van der Waals surface area contributed by atoms with Gasteiger partial charge in [0.25, 0.3) is 5.91 Å². The van der Waals surface area contributed by atoms with Gasteiger partial charge in [-0.15, -0.1) is 0 Å². The van der Waals surface area contributed by atoms with E-state index in [1.807, 2.05) is 4.40 Å². The number of nitrogens with zero attached hydrogens (tertiary/aromatic N) is 5. The number of aromatic nitrogens is 3. The summed E-state index contributed by atoms with van der Waals surface area (Å²) in [5.74, 6) is -2.45. The Morgan fingerprint density at radius 3 is 2.38 bits per heavy atom. The second kappa shape index (κ2) is 12.6. The van der Waals surface area contributed by atoms with Gasteiger partial charge >= 0.3 is 12.1 Å². The summed E-state index contributed by atoms with van der Waals surface area (Å²) in [6, 6.07) is 12.7. The number of hydrogen-bond donors (Lipinski definition) is 1. The van der Waals surface area contributed by atoms with Crippen molar-refractivity contribution in [2.75, 3.05) is 40.4 Å².